The SMILES string of the molecule is COc1ccc([C@H](C)NC(=O)C(=O)NN=Cc2ccc(Cl)cc2)cc1. The molecule has 6 nitrogen and oxygen atoms in total. The minimum absolute atomic E-state index is 0.329. The summed E-state index contributed by atoms with van der Waals surface area (Å²) in [6, 6.07) is 13.8. The van der Waals surface area contributed by atoms with Crippen LogP contribution in [0.5, 0.6) is 5.75 Å². The Kier molecular flexibility index (Phi) is 6.54. The number of nitrogens with one attached hydrogen (secondary N) is 2. The molecule has 0 saturated heterocycles. The van der Waals surface area contributed by atoms with Gasteiger partial charge in [-0.15, -0.1) is 0 Å². The van der Waals surface area contributed by atoms with Crippen molar-refractivity contribution in [3.63, 3.8) is 0 Å². The van der Waals surface area contributed by atoms with Crippen LogP contribution in [-0.4, -0.2) is 25.1 Å². The molecule has 2 aromatic carbocycles. The van der Waals surface area contributed by atoms with Gasteiger partial charge in [0.15, 0.2) is 0 Å². The first-order chi connectivity index (χ1) is 12.0. The molecule has 0 aliphatic heterocycles. The molecular weight excluding hydrogens is 342 g/mol. The lowest BCUT2D eigenvalue weighted by Crippen LogP contribution is -2.39. The Morgan fingerprint density at radius 3 is 2.32 bits per heavy atom. The Morgan fingerprint density at radius 1 is 1.08 bits per heavy atom. The molecule has 0 saturated carbocycles. The highest BCUT2D eigenvalue weighted by molar-refractivity contribution is 6.35. The predicted octanol–water partition coefficient (Wildman–Crippen LogP) is 2.68. The first kappa shape index (κ1) is 18.5. The molecule has 0 aliphatic carbocycles. The van der Waals surface area contributed by atoms with Gasteiger partial charge in [0.2, 0.25) is 0 Å². The van der Waals surface area contributed by atoms with Crippen molar-refractivity contribution in [1.82, 2.24) is 10.7 Å². The molecule has 130 valence electrons. The van der Waals surface area contributed by atoms with Crippen molar-refractivity contribution >= 4 is 29.6 Å². The number of hydrogen-bond acceptors (Lipinski definition) is 4. The van der Waals surface area contributed by atoms with Gasteiger partial charge in [0.05, 0.1) is 19.4 Å². The third-order valence-corrected chi connectivity index (χ3v) is 3.67. The summed E-state index contributed by atoms with van der Waals surface area (Å²) < 4.78 is 5.08. The zero-order valence-corrected chi connectivity index (χ0v) is 14.6. The summed E-state index contributed by atoms with van der Waals surface area (Å²) in [6.45, 7) is 1.78. The van der Waals surface area contributed by atoms with Gasteiger partial charge in [-0.05, 0) is 42.3 Å². The number of carbonyl (C=O) groups excluding carboxylic acids is 2. The molecule has 0 radical (unpaired) electrons. The average molecular weight is 360 g/mol. The lowest BCUT2D eigenvalue weighted by Gasteiger charge is -2.13. The standard InChI is InChI=1S/C18H18ClN3O3/c1-12(14-5-9-16(25-2)10-6-14)21-17(23)18(24)22-20-11-13-3-7-15(19)8-4-13/h3-12H,1-2H3,(H,21,23)(H,22,24)/t12-/m0/s1. The first-order valence-electron chi connectivity index (χ1n) is 7.53. The van der Waals surface area contributed by atoms with Crippen LogP contribution in [0.3, 0.4) is 0 Å². The fourth-order valence-corrected chi connectivity index (χ4v) is 2.13. The fourth-order valence-electron chi connectivity index (χ4n) is 2.00. The van der Waals surface area contributed by atoms with E-state index in [1.54, 1.807) is 50.4 Å². The molecule has 0 spiro atoms. The van der Waals surface area contributed by atoms with E-state index in [4.69, 9.17) is 16.3 Å². The molecular formula is C18H18ClN3O3. The number of carbonyl (C=O) groups is 2. The number of benzene rings is 2. The van der Waals surface area contributed by atoms with Gasteiger partial charge >= 0.3 is 11.8 Å². The number of hydrazone groups is 1. The van der Waals surface area contributed by atoms with Crippen LogP contribution < -0.4 is 15.5 Å². The maximum atomic E-state index is 11.9. The van der Waals surface area contributed by atoms with E-state index >= 15 is 0 Å². The van der Waals surface area contributed by atoms with E-state index in [2.05, 4.69) is 15.8 Å². The Morgan fingerprint density at radius 2 is 1.72 bits per heavy atom. The van der Waals surface area contributed by atoms with Crippen LogP contribution in [0.2, 0.25) is 5.02 Å². The van der Waals surface area contributed by atoms with Gasteiger partial charge in [0, 0.05) is 5.02 Å². The topological polar surface area (TPSA) is 79.8 Å². The highest BCUT2D eigenvalue weighted by Crippen LogP contribution is 2.17. The number of methoxy groups -OCH3 is 1. The molecule has 25 heavy (non-hydrogen) atoms. The van der Waals surface area contributed by atoms with Crippen molar-refractivity contribution < 1.29 is 14.3 Å². The monoisotopic (exact) mass is 359 g/mol. The number of nitrogens with zero attached hydrogens (tertiary/aromatic N) is 1. The minimum Gasteiger partial charge on any atom is -0.497 e. The Labute approximate surface area is 150 Å². The molecule has 7 heteroatoms. The van der Waals surface area contributed by atoms with Gasteiger partial charge in [0.1, 0.15) is 5.75 Å². The molecule has 0 bridgehead atoms. The van der Waals surface area contributed by atoms with Crippen LogP contribution in [0, 0.1) is 0 Å². The number of ether oxygens (including phenoxy) is 1. The zero-order valence-electron chi connectivity index (χ0n) is 13.8. The second-order valence-electron chi connectivity index (χ2n) is 5.22. The fraction of sp³-hybridized carbons (Fsp3) is 0.167. The molecule has 2 aromatic rings. The predicted molar refractivity (Wildman–Crippen MR) is 96.7 cm³/mol. The van der Waals surface area contributed by atoms with Crippen LogP contribution in [-0.2, 0) is 9.59 Å². The lowest BCUT2D eigenvalue weighted by molar-refractivity contribution is -0.139. The third kappa shape index (κ3) is 5.61. The van der Waals surface area contributed by atoms with Crippen LogP contribution in [0.4, 0.5) is 0 Å². The van der Waals surface area contributed by atoms with E-state index in [1.165, 1.54) is 6.21 Å². The van der Waals surface area contributed by atoms with Gasteiger partial charge in [-0.25, -0.2) is 5.43 Å². The van der Waals surface area contributed by atoms with E-state index in [0.29, 0.717) is 5.02 Å². The van der Waals surface area contributed by atoms with Gasteiger partial charge in [-0.2, -0.15) is 5.10 Å². The molecule has 0 aromatic heterocycles. The smallest absolute Gasteiger partial charge is 0.329 e. The summed E-state index contributed by atoms with van der Waals surface area (Å²) in [6.07, 6.45) is 1.43. The van der Waals surface area contributed by atoms with Crippen molar-refractivity contribution in [2.24, 2.45) is 5.10 Å². The summed E-state index contributed by atoms with van der Waals surface area (Å²) in [7, 11) is 1.58. The maximum absolute atomic E-state index is 11.9. The van der Waals surface area contributed by atoms with Crippen LogP contribution in [0.1, 0.15) is 24.1 Å². The van der Waals surface area contributed by atoms with Crippen LogP contribution >= 0.6 is 11.6 Å². The van der Waals surface area contributed by atoms with Crippen LogP contribution in [0.15, 0.2) is 53.6 Å². The number of rotatable bonds is 5. The molecule has 2 N–H and O–H groups in total. The van der Waals surface area contributed by atoms with E-state index in [-0.39, 0.29) is 6.04 Å². The average Bonchev–Trinajstić information content (AvgIpc) is 2.63. The molecule has 0 heterocycles. The second kappa shape index (κ2) is 8.84. The number of amides is 2. The third-order valence-electron chi connectivity index (χ3n) is 3.42. The molecule has 2 rings (SSSR count). The Balaban J connectivity index is 1.86. The van der Waals surface area contributed by atoms with Gasteiger partial charge in [-0.3, -0.25) is 9.59 Å². The number of halogens is 1. The zero-order chi connectivity index (χ0) is 18.2. The second-order valence-corrected chi connectivity index (χ2v) is 5.66. The van der Waals surface area contributed by atoms with Crippen molar-refractivity contribution in [3.8, 4) is 5.75 Å². The van der Waals surface area contributed by atoms with E-state index in [0.717, 1.165) is 16.9 Å². The van der Waals surface area contributed by atoms with Gasteiger partial charge < -0.3 is 10.1 Å². The Bertz CT molecular complexity index is 758. The Hall–Kier alpha value is -2.86. The summed E-state index contributed by atoms with van der Waals surface area (Å²) in [5.41, 5.74) is 3.79. The summed E-state index contributed by atoms with van der Waals surface area (Å²) in [5.74, 6) is -0.890. The summed E-state index contributed by atoms with van der Waals surface area (Å²) in [5, 5.41) is 6.96. The van der Waals surface area contributed by atoms with Crippen molar-refractivity contribution in [1.29, 1.82) is 0 Å². The largest absolute Gasteiger partial charge is 0.497 e. The van der Waals surface area contributed by atoms with Gasteiger partial charge in [-0.1, -0.05) is 35.9 Å². The first-order valence-corrected chi connectivity index (χ1v) is 7.91. The molecule has 0 unspecified atom stereocenters. The summed E-state index contributed by atoms with van der Waals surface area (Å²) in [4.78, 5) is 23.7. The van der Waals surface area contributed by atoms with E-state index in [9.17, 15) is 9.59 Å². The van der Waals surface area contributed by atoms with E-state index in [1.807, 2.05) is 12.1 Å². The van der Waals surface area contributed by atoms with Crippen molar-refractivity contribution in [2.45, 2.75) is 13.0 Å². The minimum atomic E-state index is -0.842. The van der Waals surface area contributed by atoms with E-state index < -0.39 is 11.8 Å². The summed E-state index contributed by atoms with van der Waals surface area (Å²) >= 11 is 5.78. The lowest BCUT2D eigenvalue weighted by atomic mass is 10.1. The normalized spacial score (nSPS) is 11.8. The highest BCUT2D eigenvalue weighted by atomic mass is 35.5. The molecule has 0 aliphatic rings. The molecule has 2 amide bonds. The number of hydrogen-bond donors (Lipinski definition) is 2. The van der Waals surface area contributed by atoms with Crippen molar-refractivity contribution in [2.75, 3.05) is 7.11 Å². The molecule has 0 fully saturated rings. The molecule has 1 atom stereocenters. The quantitative estimate of drug-likeness (QED) is 0.489. The highest BCUT2D eigenvalue weighted by Gasteiger charge is 2.16. The van der Waals surface area contributed by atoms with Gasteiger partial charge in [0.25, 0.3) is 0 Å². The maximum Gasteiger partial charge on any atom is 0.329 e. The van der Waals surface area contributed by atoms with Crippen LogP contribution in [0.25, 0.3) is 0 Å². The van der Waals surface area contributed by atoms with Crippen molar-refractivity contribution in [3.05, 3.63) is 64.7 Å².